The Labute approximate surface area is 47.2 Å². The molecule has 0 aromatic carbocycles. The number of anilines is 1. The molecule has 0 radical (unpaired) electrons. The number of nitrogens with zero attached hydrogens (tertiary/aromatic N) is 1. The van der Waals surface area contributed by atoms with Crippen molar-refractivity contribution in [1.82, 2.24) is 10.2 Å². The third-order valence-electron chi connectivity index (χ3n) is 0.920. The number of aromatic amines is 1. The average Bonchev–Trinajstić information content (AvgIpc) is 2.14. The Bertz CT molecular complexity index is 189. The Balaban J connectivity index is 3.09. The maximum absolute atomic E-state index is 5.36. The molecule has 1 aromatic rings. The van der Waals surface area contributed by atoms with E-state index in [1.807, 2.05) is 0 Å². The summed E-state index contributed by atoms with van der Waals surface area (Å²) in [7, 11) is 0. The fourth-order valence-electron chi connectivity index (χ4n) is 0.468. The van der Waals surface area contributed by atoms with Gasteiger partial charge in [-0.05, 0) is 0 Å². The quantitative estimate of drug-likeness (QED) is 0.555. The first-order valence-corrected chi connectivity index (χ1v) is 2.26. The molecule has 1 rings (SSSR count). The van der Waals surface area contributed by atoms with Crippen LogP contribution in [0.2, 0.25) is 0 Å². The molecule has 3 heteroatoms. The first-order valence-electron chi connectivity index (χ1n) is 2.26. The van der Waals surface area contributed by atoms with Crippen LogP contribution in [0.3, 0.4) is 0 Å². The molecule has 42 valence electrons. The van der Waals surface area contributed by atoms with E-state index >= 15 is 0 Å². The number of nitrogens with one attached hydrogen (secondary N) is 1. The van der Waals surface area contributed by atoms with Crippen LogP contribution in [0.1, 0.15) is 5.56 Å². The van der Waals surface area contributed by atoms with Gasteiger partial charge in [0.1, 0.15) is 5.82 Å². The second-order valence-electron chi connectivity index (χ2n) is 1.44. The minimum Gasteiger partial charge on any atom is -0.384 e. The van der Waals surface area contributed by atoms with Crippen LogP contribution >= 0.6 is 0 Å². The fourth-order valence-corrected chi connectivity index (χ4v) is 0.468. The van der Waals surface area contributed by atoms with Crippen molar-refractivity contribution in [2.24, 2.45) is 0 Å². The number of aromatic nitrogens is 2. The van der Waals surface area contributed by atoms with Crippen LogP contribution in [0.25, 0.3) is 6.08 Å². The Morgan fingerprint density at radius 1 is 1.88 bits per heavy atom. The standard InChI is InChI=1S/C5H7N3/c1-2-4-3-7-8-5(4)6/h2-3H,1H2,(H3,6,7,8). The van der Waals surface area contributed by atoms with Gasteiger partial charge in [0.25, 0.3) is 0 Å². The zero-order chi connectivity index (χ0) is 5.98. The van der Waals surface area contributed by atoms with E-state index in [1.165, 1.54) is 0 Å². The number of H-pyrrole nitrogens is 1. The van der Waals surface area contributed by atoms with E-state index in [0.717, 1.165) is 5.56 Å². The molecule has 0 amide bonds. The molecule has 0 saturated carbocycles. The van der Waals surface area contributed by atoms with Crippen molar-refractivity contribution in [1.29, 1.82) is 0 Å². The molecule has 0 saturated heterocycles. The van der Waals surface area contributed by atoms with Crippen molar-refractivity contribution in [3.8, 4) is 0 Å². The summed E-state index contributed by atoms with van der Waals surface area (Å²) in [5.41, 5.74) is 6.21. The smallest absolute Gasteiger partial charge is 0.126 e. The number of hydrogen-bond acceptors (Lipinski definition) is 2. The van der Waals surface area contributed by atoms with E-state index in [4.69, 9.17) is 5.73 Å². The molecular weight excluding hydrogens is 102 g/mol. The van der Waals surface area contributed by atoms with Gasteiger partial charge in [0.05, 0.1) is 6.20 Å². The van der Waals surface area contributed by atoms with Gasteiger partial charge in [-0.15, -0.1) is 0 Å². The molecule has 0 aliphatic carbocycles. The van der Waals surface area contributed by atoms with E-state index in [-0.39, 0.29) is 0 Å². The number of hydrogen-bond donors (Lipinski definition) is 2. The maximum Gasteiger partial charge on any atom is 0.126 e. The van der Waals surface area contributed by atoms with Gasteiger partial charge in [0.15, 0.2) is 0 Å². The minimum absolute atomic E-state index is 0.569. The van der Waals surface area contributed by atoms with E-state index in [0.29, 0.717) is 5.82 Å². The number of rotatable bonds is 1. The molecule has 0 unspecified atom stereocenters. The topological polar surface area (TPSA) is 54.7 Å². The highest BCUT2D eigenvalue weighted by molar-refractivity contribution is 5.57. The molecule has 8 heavy (non-hydrogen) atoms. The van der Waals surface area contributed by atoms with Crippen LogP contribution < -0.4 is 5.73 Å². The Kier molecular flexibility index (Phi) is 1.04. The van der Waals surface area contributed by atoms with Gasteiger partial charge < -0.3 is 5.73 Å². The van der Waals surface area contributed by atoms with Crippen LogP contribution in [0, 0.1) is 0 Å². The summed E-state index contributed by atoms with van der Waals surface area (Å²) in [6.07, 6.45) is 3.28. The monoisotopic (exact) mass is 109 g/mol. The van der Waals surface area contributed by atoms with Gasteiger partial charge in [-0.2, -0.15) is 5.10 Å². The second kappa shape index (κ2) is 1.69. The summed E-state index contributed by atoms with van der Waals surface area (Å²) in [5.74, 6) is 0.569. The third kappa shape index (κ3) is 0.578. The molecule has 3 N–H and O–H groups in total. The summed E-state index contributed by atoms with van der Waals surface area (Å²) >= 11 is 0. The van der Waals surface area contributed by atoms with E-state index in [2.05, 4.69) is 16.8 Å². The van der Waals surface area contributed by atoms with Gasteiger partial charge in [0.2, 0.25) is 0 Å². The summed E-state index contributed by atoms with van der Waals surface area (Å²) < 4.78 is 0. The van der Waals surface area contributed by atoms with E-state index < -0.39 is 0 Å². The van der Waals surface area contributed by atoms with Gasteiger partial charge >= 0.3 is 0 Å². The molecule has 0 spiro atoms. The number of nitrogens with two attached hydrogens (primary N) is 1. The lowest BCUT2D eigenvalue weighted by atomic mass is 10.3. The van der Waals surface area contributed by atoms with Crippen LogP contribution in [0.5, 0.6) is 0 Å². The highest BCUT2D eigenvalue weighted by Gasteiger charge is 1.91. The summed E-state index contributed by atoms with van der Waals surface area (Å²) in [6, 6.07) is 0. The molecule has 0 fully saturated rings. The molecule has 0 bridgehead atoms. The fraction of sp³-hybridized carbons (Fsp3) is 0. The van der Waals surface area contributed by atoms with Gasteiger partial charge in [0, 0.05) is 5.56 Å². The Hall–Kier alpha value is -1.25. The van der Waals surface area contributed by atoms with Crippen molar-refractivity contribution in [3.05, 3.63) is 18.3 Å². The highest BCUT2D eigenvalue weighted by Crippen LogP contribution is 2.05. The Morgan fingerprint density at radius 3 is 2.88 bits per heavy atom. The van der Waals surface area contributed by atoms with Gasteiger partial charge in [-0.25, -0.2) is 0 Å². The summed E-state index contributed by atoms with van der Waals surface area (Å²) in [6.45, 7) is 3.52. The molecule has 0 atom stereocenters. The molecular formula is C5H7N3. The average molecular weight is 109 g/mol. The molecule has 1 aromatic heterocycles. The minimum atomic E-state index is 0.569. The van der Waals surface area contributed by atoms with Crippen molar-refractivity contribution < 1.29 is 0 Å². The Morgan fingerprint density at radius 2 is 2.62 bits per heavy atom. The SMILES string of the molecule is C=Cc1cn[nH]c1N. The maximum atomic E-state index is 5.36. The van der Waals surface area contributed by atoms with Gasteiger partial charge in [-0.3, -0.25) is 5.10 Å². The molecule has 0 aliphatic heterocycles. The van der Waals surface area contributed by atoms with Crippen LogP contribution in [-0.4, -0.2) is 10.2 Å². The first kappa shape index (κ1) is 4.90. The largest absolute Gasteiger partial charge is 0.384 e. The zero-order valence-electron chi connectivity index (χ0n) is 4.39. The predicted molar refractivity (Wildman–Crippen MR) is 33.1 cm³/mol. The highest BCUT2D eigenvalue weighted by atomic mass is 15.1. The van der Waals surface area contributed by atoms with E-state index in [9.17, 15) is 0 Å². The normalized spacial score (nSPS) is 9.00. The van der Waals surface area contributed by atoms with Crippen molar-refractivity contribution in [2.45, 2.75) is 0 Å². The first-order chi connectivity index (χ1) is 3.84. The molecule has 1 heterocycles. The van der Waals surface area contributed by atoms with Crippen molar-refractivity contribution in [2.75, 3.05) is 5.73 Å². The zero-order valence-corrected chi connectivity index (χ0v) is 4.39. The number of nitrogen functional groups attached to an aromatic ring is 1. The van der Waals surface area contributed by atoms with Crippen LogP contribution in [-0.2, 0) is 0 Å². The van der Waals surface area contributed by atoms with E-state index in [1.54, 1.807) is 12.3 Å². The predicted octanol–water partition coefficient (Wildman–Crippen LogP) is 0.635. The lowest BCUT2D eigenvalue weighted by molar-refractivity contribution is 1.10. The van der Waals surface area contributed by atoms with Gasteiger partial charge in [-0.1, -0.05) is 12.7 Å². The molecule has 3 nitrogen and oxygen atoms in total. The summed E-state index contributed by atoms with van der Waals surface area (Å²) in [5, 5.41) is 6.25. The third-order valence-corrected chi connectivity index (χ3v) is 0.920. The van der Waals surface area contributed by atoms with Crippen LogP contribution in [0.15, 0.2) is 12.8 Å². The lowest BCUT2D eigenvalue weighted by Gasteiger charge is -1.82. The summed E-state index contributed by atoms with van der Waals surface area (Å²) in [4.78, 5) is 0. The van der Waals surface area contributed by atoms with Crippen molar-refractivity contribution >= 4 is 11.9 Å². The van der Waals surface area contributed by atoms with Crippen LogP contribution in [0.4, 0.5) is 5.82 Å². The van der Waals surface area contributed by atoms with Crippen molar-refractivity contribution in [3.63, 3.8) is 0 Å². The second-order valence-corrected chi connectivity index (χ2v) is 1.44. The lowest BCUT2D eigenvalue weighted by Crippen LogP contribution is -1.85. The molecule has 0 aliphatic rings.